The van der Waals surface area contributed by atoms with Gasteiger partial charge >= 0.3 is 0 Å². The minimum atomic E-state index is -3.35. The number of sulfonamides is 1. The number of rotatable bonds is 4. The van der Waals surface area contributed by atoms with E-state index in [0.717, 1.165) is 5.56 Å². The van der Waals surface area contributed by atoms with Crippen molar-refractivity contribution in [1.82, 2.24) is 8.68 Å². The lowest BCUT2D eigenvalue weighted by Gasteiger charge is -2.34. The van der Waals surface area contributed by atoms with Gasteiger partial charge in [-0.25, -0.2) is 8.42 Å². The molecular weight excluding hydrogens is 368 g/mol. The van der Waals surface area contributed by atoms with Crippen molar-refractivity contribution < 1.29 is 8.42 Å². The maximum absolute atomic E-state index is 12.5. The van der Waals surface area contributed by atoms with Gasteiger partial charge in [-0.15, -0.1) is 0 Å². The predicted molar refractivity (Wildman–Crippen MR) is 94.7 cm³/mol. The summed E-state index contributed by atoms with van der Waals surface area (Å²) in [5.41, 5.74) is 1.14. The van der Waals surface area contributed by atoms with E-state index in [0.29, 0.717) is 36.7 Å². The molecule has 6 nitrogen and oxygen atoms in total. The summed E-state index contributed by atoms with van der Waals surface area (Å²) in [6.45, 7) is 1.80. The van der Waals surface area contributed by atoms with E-state index in [9.17, 15) is 8.42 Å². The molecule has 0 bridgehead atoms. The zero-order chi connectivity index (χ0) is 17.2. The molecule has 2 heterocycles. The number of anilines is 1. The molecule has 1 aliphatic heterocycles. The van der Waals surface area contributed by atoms with Gasteiger partial charge in [0, 0.05) is 26.2 Å². The first-order valence-corrected chi connectivity index (χ1v) is 10.1. The first-order valence-electron chi connectivity index (χ1n) is 7.33. The second-order valence-corrected chi connectivity index (χ2v) is 8.47. The van der Waals surface area contributed by atoms with Gasteiger partial charge in [0.2, 0.25) is 10.0 Å². The zero-order valence-corrected chi connectivity index (χ0v) is 15.1. The van der Waals surface area contributed by atoms with Crippen molar-refractivity contribution in [2.45, 2.75) is 5.75 Å². The highest BCUT2D eigenvalue weighted by Crippen LogP contribution is 2.32. The van der Waals surface area contributed by atoms with E-state index >= 15 is 0 Å². The topological polar surface area (TPSA) is 77.3 Å². The van der Waals surface area contributed by atoms with Crippen LogP contribution in [0.15, 0.2) is 30.3 Å². The third-order valence-electron chi connectivity index (χ3n) is 3.86. The van der Waals surface area contributed by atoms with Gasteiger partial charge in [-0.05, 0) is 17.1 Å². The fraction of sp³-hybridized carbons (Fsp3) is 0.333. The molecule has 0 amide bonds. The van der Waals surface area contributed by atoms with Gasteiger partial charge < -0.3 is 4.90 Å². The molecule has 0 spiro atoms. The molecule has 0 unspecified atom stereocenters. The standard InChI is InChI=1S/C15H15ClN4O2S2/c16-14-13(10-17)15(23-18-14)19-6-8-20(9-7-19)24(21,22)11-12-4-2-1-3-5-12/h1-5H,6-9,11H2. The summed E-state index contributed by atoms with van der Waals surface area (Å²) in [6.07, 6.45) is 0. The molecular formula is C15H15ClN4O2S2. The SMILES string of the molecule is N#Cc1c(Cl)nsc1N1CCN(S(=O)(=O)Cc2ccccc2)CC1. The Bertz CT molecular complexity index is 853. The molecule has 1 saturated heterocycles. The van der Waals surface area contributed by atoms with Crippen LogP contribution in [0.5, 0.6) is 0 Å². The van der Waals surface area contributed by atoms with Crippen LogP contribution in [-0.2, 0) is 15.8 Å². The zero-order valence-electron chi connectivity index (χ0n) is 12.7. The van der Waals surface area contributed by atoms with E-state index in [1.165, 1.54) is 15.8 Å². The van der Waals surface area contributed by atoms with Gasteiger partial charge in [0.05, 0.1) is 5.75 Å². The van der Waals surface area contributed by atoms with Crippen LogP contribution in [0.2, 0.25) is 5.15 Å². The Labute approximate surface area is 150 Å². The largest absolute Gasteiger partial charge is 0.358 e. The summed E-state index contributed by atoms with van der Waals surface area (Å²) in [5, 5.41) is 10.1. The molecule has 2 aromatic rings. The van der Waals surface area contributed by atoms with Gasteiger partial charge in [0.15, 0.2) is 5.15 Å². The van der Waals surface area contributed by atoms with Gasteiger partial charge in [0.1, 0.15) is 16.6 Å². The molecule has 0 N–H and O–H groups in total. The molecule has 1 aromatic carbocycles. The molecule has 1 fully saturated rings. The predicted octanol–water partition coefficient (Wildman–Crippen LogP) is 2.32. The fourth-order valence-corrected chi connectivity index (χ4v) is 5.21. The molecule has 0 radical (unpaired) electrons. The van der Waals surface area contributed by atoms with Gasteiger partial charge in [-0.2, -0.15) is 13.9 Å². The smallest absolute Gasteiger partial charge is 0.218 e. The van der Waals surface area contributed by atoms with Crippen LogP contribution < -0.4 is 4.90 Å². The van der Waals surface area contributed by atoms with Crippen molar-refractivity contribution in [2.75, 3.05) is 31.1 Å². The molecule has 3 rings (SSSR count). The molecule has 126 valence electrons. The molecule has 0 aliphatic carbocycles. The normalized spacial score (nSPS) is 16.1. The van der Waals surface area contributed by atoms with Gasteiger partial charge in [0.25, 0.3) is 0 Å². The second kappa shape index (κ2) is 7.07. The van der Waals surface area contributed by atoms with Gasteiger partial charge in [-0.3, -0.25) is 0 Å². The molecule has 24 heavy (non-hydrogen) atoms. The van der Waals surface area contributed by atoms with E-state index in [4.69, 9.17) is 16.9 Å². The van der Waals surface area contributed by atoms with Crippen LogP contribution in [0.1, 0.15) is 11.1 Å². The van der Waals surface area contributed by atoms with Crippen molar-refractivity contribution in [2.24, 2.45) is 0 Å². The Morgan fingerprint density at radius 2 is 1.88 bits per heavy atom. The summed E-state index contributed by atoms with van der Waals surface area (Å²) in [4.78, 5) is 1.97. The Morgan fingerprint density at radius 3 is 2.50 bits per heavy atom. The van der Waals surface area contributed by atoms with E-state index < -0.39 is 10.0 Å². The number of benzene rings is 1. The van der Waals surface area contributed by atoms with Crippen molar-refractivity contribution in [3.8, 4) is 6.07 Å². The number of nitriles is 1. The quantitative estimate of drug-likeness (QED) is 0.810. The Hall–Kier alpha value is -1.66. The summed E-state index contributed by atoms with van der Waals surface area (Å²) >= 11 is 7.07. The third kappa shape index (κ3) is 3.54. The van der Waals surface area contributed by atoms with E-state index in [1.54, 1.807) is 0 Å². The molecule has 9 heteroatoms. The van der Waals surface area contributed by atoms with Gasteiger partial charge in [-0.1, -0.05) is 41.9 Å². The molecule has 1 aromatic heterocycles. The Morgan fingerprint density at radius 1 is 1.21 bits per heavy atom. The average Bonchev–Trinajstić information content (AvgIpc) is 2.96. The highest BCUT2D eigenvalue weighted by molar-refractivity contribution is 7.88. The van der Waals surface area contributed by atoms with Crippen molar-refractivity contribution in [3.63, 3.8) is 0 Å². The molecule has 1 aliphatic rings. The summed E-state index contributed by atoms with van der Waals surface area (Å²) in [6, 6.07) is 11.2. The van der Waals surface area contributed by atoms with Crippen LogP contribution in [0.4, 0.5) is 5.00 Å². The van der Waals surface area contributed by atoms with Crippen LogP contribution in [0.3, 0.4) is 0 Å². The lowest BCUT2D eigenvalue weighted by atomic mass is 10.2. The maximum atomic E-state index is 12.5. The first-order chi connectivity index (χ1) is 11.5. The summed E-state index contributed by atoms with van der Waals surface area (Å²) in [5.74, 6) is 0.00364. The number of hydrogen-bond donors (Lipinski definition) is 0. The number of aromatic nitrogens is 1. The van der Waals surface area contributed by atoms with Crippen molar-refractivity contribution in [1.29, 1.82) is 5.26 Å². The first kappa shape index (κ1) is 17.2. The lowest BCUT2D eigenvalue weighted by molar-refractivity contribution is 0.385. The summed E-state index contributed by atoms with van der Waals surface area (Å²) < 4.78 is 30.6. The average molecular weight is 383 g/mol. The summed E-state index contributed by atoms with van der Waals surface area (Å²) in [7, 11) is -3.35. The number of nitrogens with zero attached hydrogens (tertiary/aromatic N) is 4. The number of hydrogen-bond acceptors (Lipinski definition) is 6. The van der Waals surface area contributed by atoms with Crippen LogP contribution in [0.25, 0.3) is 0 Å². The van der Waals surface area contributed by atoms with Crippen LogP contribution >= 0.6 is 23.1 Å². The lowest BCUT2D eigenvalue weighted by Crippen LogP contribution is -2.49. The van der Waals surface area contributed by atoms with Crippen LogP contribution in [-0.4, -0.2) is 43.3 Å². The Kier molecular flexibility index (Phi) is 5.06. The number of piperazine rings is 1. The monoisotopic (exact) mass is 382 g/mol. The highest BCUT2D eigenvalue weighted by Gasteiger charge is 2.29. The van der Waals surface area contributed by atoms with E-state index in [2.05, 4.69) is 10.4 Å². The number of halogens is 1. The minimum absolute atomic E-state index is 0.00364. The third-order valence-corrected chi connectivity index (χ3v) is 6.99. The van der Waals surface area contributed by atoms with Crippen molar-refractivity contribution in [3.05, 3.63) is 46.6 Å². The Balaban J connectivity index is 1.67. The van der Waals surface area contributed by atoms with Crippen molar-refractivity contribution >= 4 is 38.2 Å². The fourth-order valence-electron chi connectivity index (χ4n) is 2.62. The van der Waals surface area contributed by atoms with Crippen LogP contribution in [0, 0.1) is 11.3 Å². The highest BCUT2D eigenvalue weighted by atomic mass is 35.5. The molecule has 0 atom stereocenters. The molecule has 0 saturated carbocycles. The maximum Gasteiger partial charge on any atom is 0.218 e. The van der Waals surface area contributed by atoms with E-state index in [1.807, 2.05) is 35.2 Å². The van der Waals surface area contributed by atoms with E-state index in [-0.39, 0.29) is 10.9 Å². The minimum Gasteiger partial charge on any atom is -0.358 e. The second-order valence-electron chi connectivity index (χ2n) is 5.39.